The fraction of sp³-hybridized carbons (Fsp3) is 0.500. The van der Waals surface area contributed by atoms with Crippen LogP contribution in [0.1, 0.15) is 59.9 Å². The van der Waals surface area contributed by atoms with Crippen LogP contribution in [0.3, 0.4) is 0 Å². The average Bonchev–Trinajstić information content (AvgIpc) is 3.66. The fourth-order valence-corrected chi connectivity index (χ4v) is 4.82. The number of terminal acetylenes is 1. The van der Waals surface area contributed by atoms with Crippen molar-refractivity contribution >= 4 is 30.6 Å². The number of anilines is 1. The van der Waals surface area contributed by atoms with E-state index in [-0.39, 0.29) is 12.7 Å². The summed E-state index contributed by atoms with van der Waals surface area (Å²) in [6.45, 7) is 13.2. The van der Waals surface area contributed by atoms with E-state index in [0.29, 0.717) is 31.4 Å². The first-order valence-electron chi connectivity index (χ1n) is 15.9. The second-order valence-electron chi connectivity index (χ2n) is 11.6. The lowest BCUT2D eigenvalue weighted by Gasteiger charge is -2.23. The number of aldehydes is 1. The zero-order valence-corrected chi connectivity index (χ0v) is 28.8. The van der Waals surface area contributed by atoms with E-state index in [1.807, 2.05) is 79.4 Å². The SMILES string of the molecule is C#CCOC(C)C(C=O)NC(=O)OC(C)(C)C.CC.CN1CC[C@@H]2[C@H]1CCN2C(=O)OCc1ccccc1.O=CNc1ccccc1. The van der Waals surface area contributed by atoms with E-state index in [4.69, 9.17) is 20.6 Å². The van der Waals surface area contributed by atoms with Crippen LogP contribution < -0.4 is 10.6 Å². The number of hydrogen-bond donors (Lipinski definition) is 2. The second-order valence-corrected chi connectivity index (χ2v) is 11.6. The highest BCUT2D eigenvalue weighted by molar-refractivity contribution is 5.74. The van der Waals surface area contributed by atoms with Gasteiger partial charge in [0, 0.05) is 24.8 Å². The van der Waals surface area contributed by atoms with E-state index < -0.39 is 23.8 Å². The predicted molar refractivity (Wildman–Crippen MR) is 184 cm³/mol. The molecule has 4 rings (SSSR count). The van der Waals surface area contributed by atoms with E-state index in [1.54, 1.807) is 27.7 Å². The monoisotopic (exact) mass is 652 g/mol. The third-order valence-corrected chi connectivity index (χ3v) is 7.06. The van der Waals surface area contributed by atoms with Gasteiger partial charge in [-0.3, -0.25) is 4.79 Å². The number of likely N-dealkylation sites (tertiary alicyclic amines) is 2. The number of para-hydroxylation sites is 1. The minimum atomic E-state index is -0.779. The number of rotatable bonds is 9. The standard InChI is InChI=1S/C15H20N2O2.C12H19NO4.C7H7NO.C2H6/c1-16-9-7-14-13(16)8-10-17(14)15(18)19-11-12-5-3-2-4-6-12;1-6-7-16-9(2)10(8-14)13-11(15)17-12(3,4)5;9-6-8-7-4-2-1-3-5-7;1-2/h2-6,13-14H,7-11H2,1H3;1,8-10H,7H2,2-5H3,(H,13,15);1-6H,(H,8,9);1-2H3/t13-,14-;;;/m1.../s1. The molecule has 2 aliphatic heterocycles. The summed E-state index contributed by atoms with van der Waals surface area (Å²) in [7, 11) is 2.14. The predicted octanol–water partition coefficient (Wildman–Crippen LogP) is 5.50. The summed E-state index contributed by atoms with van der Waals surface area (Å²) in [5.74, 6) is 2.29. The molecule has 47 heavy (non-hydrogen) atoms. The number of alkyl carbamates (subject to hydrolysis) is 1. The van der Waals surface area contributed by atoms with Crippen LogP contribution >= 0.6 is 0 Å². The molecule has 2 aromatic rings. The van der Waals surface area contributed by atoms with Crippen LogP contribution in [0, 0.1) is 12.3 Å². The summed E-state index contributed by atoms with van der Waals surface area (Å²) in [5.41, 5.74) is 1.25. The Kier molecular flexibility index (Phi) is 19.2. The van der Waals surface area contributed by atoms with Gasteiger partial charge in [-0.15, -0.1) is 6.42 Å². The molecule has 2 N–H and O–H groups in total. The van der Waals surface area contributed by atoms with Crippen molar-refractivity contribution in [1.29, 1.82) is 0 Å². The maximum absolute atomic E-state index is 12.2. The minimum Gasteiger partial charge on any atom is -0.445 e. The molecule has 0 radical (unpaired) electrons. The number of carbonyl (C=O) groups is 4. The molecule has 258 valence electrons. The Morgan fingerprint density at radius 2 is 1.60 bits per heavy atom. The number of carbonyl (C=O) groups excluding carboxylic acids is 4. The summed E-state index contributed by atoms with van der Waals surface area (Å²) in [6, 6.07) is 19.2. The Balaban J connectivity index is 0.000000362. The largest absolute Gasteiger partial charge is 0.445 e. The lowest BCUT2D eigenvalue weighted by molar-refractivity contribution is -0.112. The summed E-state index contributed by atoms with van der Waals surface area (Å²) >= 11 is 0. The van der Waals surface area contributed by atoms with Crippen molar-refractivity contribution in [2.24, 2.45) is 0 Å². The van der Waals surface area contributed by atoms with Gasteiger partial charge in [0.1, 0.15) is 31.1 Å². The van der Waals surface area contributed by atoms with E-state index in [2.05, 4.69) is 28.5 Å². The molecular formula is C36H52N4O7. The smallest absolute Gasteiger partial charge is 0.410 e. The van der Waals surface area contributed by atoms with Crippen LogP contribution in [0.4, 0.5) is 15.3 Å². The summed E-state index contributed by atoms with van der Waals surface area (Å²) < 4.78 is 15.6. The van der Waals surface area contributed by atoms with Gasteiger partial charge in [0.2, 0.25) is 6.41 Å². The number of fused-ring (bicyclic) bond motifs is 1. The Hall–Kier alpha value is -4.40. The lowest BCUT2D eigenvalue weighted by Crippen LogP contribution is -2.46. The molecule has 4 atom stereocenters. The van der Waals surface area contributed by atoms with Crippen molar-refractivity contribution in [3.05, 3.63) is 66.2 Å². The number of nitrogens with zero attached hydrogens (tertiary/aromatic N) is 2. The third-order valence-electron chi connectivity index (χ3n) is 7.06. The van der Waals surface area contributed by atoms with E-state index in [0.717, 1.165) is 37.2 Å². The molecule has 2 saturated heterocycles. The molecule has 0 aliphatic carbocycles. The Morgan fingerprint density at radius 3 is 2.15 bits per heavy atom. The third kappa shape index (κ3) is 15.6. The van der Waals surface area contributed by atoms with E-state index >= 15 is 0 Å². The zero-order chi connectivity index (χ0) is 35.2. The number of likely N-dealkylation sites (N-methyl/N-ethyl adjacent to an activating group) is 1. The van der Waals surface area contributed by atoms with E-state index in [9.17, 15) is 19.2 Å². The molecule has 2 fully saturated rings. The zero-order valence-electron chi connectivity index (χ0n) is 28.8. The maximum atomic E-state index is 12.2. The first-order valence-corrected chi connectivity index (χ1v) is 15.9. The average molecular weight is 653 g/mol. The number of ether oxygens (including phenoxy) is 3. The number of benzene rings is 2. The molecule has 2 aliphatic rings. The van der Waals surface area contributed by atoms with Gasteiger partial charge in [-0.05, 0) is 65.3 Å². The van der Waals surface area contributed by atoms with Crippen LogP contribution in [0.2, 0.25) is 0 Å². The molecule has 0 bridgehead atoms. The second kappa shape index (κ2) is 22.2. The molecule has 2 aromatic carbocycles. The highest BCUT2D eigenvalue weighted by Gasteiger charge is 2.43. The van der Waals surface area contributed by atoms with Crippen LogP contribution in [0.15, 0.2) is 60.7 Å². The quantitative estimate of drug-likeness (QED) is 0.269. The summed E-state index contributed by atoms with van der Waals surface area (Å²) in [5, 5.41) is 4.94. The van der Waals surface area contributed by atoms with Crippen molar-refractivity contribution in [1.82, 2.24) is 15.1 Å². The first-order chi connectivity index (χ1) is 22.5. The minimum absolute atomic E-state index is 0.0848. The van der Waals surface area contributed by atoms with Crippen LogP contribution in [-0.4, -0.2) is 91.3 Å². The van der Waals surface area contributed by atoms with Gasteiger partial charge in [0.05, 0.1) is 12.1 Å². The Bertz CT molecular complexity index is 1230. The molecule has 0 aromatic heterocycles. The highest BCUT2D eigenvalue weighted by atomic mass is 16.6. The van der Waals surface area contributed by atoms with Gasteiger partial charge in [0.15, 0.2) is 0 Å². The summed E-state index contributed by atoms with van der Waals surface area (Å²) in [6.07, 6.45) is 7.09. The van der Waals surface area contributed by atoms with Gasteiger partial charge in [-0.25, -0.2) is 9.59 Å². The van der Waals surface area contributed by atoms with Crippen LogP contribution in [-0.2, 0) is 30.4 Å². The molecular weight excluding hydrogens is 600 g/mol. The molecule has 2 heterocycles. The van der Waals surface area contributed by atoms with Gasteiger partial charge < -0.3 is 39.4 Å². The number of amides is 3. The van der Waals surface area contributed by atoms with Crippen molar-refractivity contribution in [2.75, 3.05) is 32.1 Å². The van der Waals surface area contributed by atoms with Gasteiger partial charge in [0.25, 0.3) is 0 Å². The van der Waals surface area contributed by atoms with Crippen LogP contribution in [0.5, 0.6) is 0 Å². The van der Waals surface area contributed by atoms with Gasteiger partial charge >= 0.3 is 12.2 Å². The molecule has 3 amide bonds. The van der Waals surface area contributed by atoms with Crippen molar-refractivity contribution in [3.63, 3.8) is 0 Å². The molecule has 11 nitrogen and oxygen atoms in total. The van der Waals surface area contributed by atoms with Crippen molar-refractivity contribution in [3.8, 4) is 12.3 Å². The molecule has 2 unspecified atom stereocenters. The Labute approximate surface area is 280 Å². The Morgan fingerprint density at radius 1 is 1.00 bits per heavy atom. The molecule has 11 heteroatoms. The highest BCUT2D eigenvalue weighted by Crippen LogP contribution is 2.30. The number of nitrogens with one attached hydrogen (secondary N) is 2. The van der Waals surface area contributed by atoms with Gasteiger partial charge in [-0.1, -0.05) is 68.3 Å². The topological polar surface area (TPSA) is 127 Å². The van der Waals surface area contributed by atoms with Gasteiger partial charge in [-0.2, -0.15) is 0 Å². The normalized spacial score (nSPS) is 17.6. The number of hydrogen-bond acceptors (Lipinski definition) is 8. The molecule has 0 saturated carbocycles. The molecule has 0 spiro atoms. The van der Waals surface area contributed by atoms with Crippen molar-refractivity contribution < 1.29 is 33.4 Å². The van der Waals surface area contributed by atoms with Crippen molar-refractivity contribution in [2.45, 2.75) is 90.8 Å². The summed E-state index contributed by atoms with van der Waals surface area (Å²) in [4.78, 5) is 48.5. The fourth-order valence-electron chi connectivity index (χ4n) is 4.82. The first kappa shape index (κ1) is 40.6. The van der Waals surface area contributed by atoms with Crippen LogP contribution in [0.25, 0.3) is 0 Å². The van der Waals surface area contributed by atoms with E-state index in [1.165, 1.54) is 0 Å². The maximum Gasteiger partial charge on any atom is 0.410 e. The lowest BCUT2D eigenvalue weighted by atomic mass is 10.1.